The third-order valence-corrected chi connectivity index (χ3v) is 2.86. The molecular weight excluding hydrogens is 270 g/mol. The average molecular weight is 287 g/mol. The molecule has 0 amide bonds. The van der Waals surface area contributed by atoms with E-state index in [9.17, 15) is 4.79 Å². The zero-order chi connectivity index (χ0) is 15.4. The molecule has 0 aliphatic carbocycles. The van der Waals surface area contributed by atoms with Crippen LogP contribution >= 0.6 is 0 Å². The van der Waals surface area contributed by atoms with Gasteiger partial charge in [-0.1, -0.05) is 0 Å². The van der Waals surface area contributed by atoms with E-state index in [1.807, 2.05) is 6.92 Å². The molecule has 0 bridgehead atoms. The number of methoxy groups -OCH3 is 1. The summed E-state index contributed by atoms with van der Waals surface area (Å²) >= 11 is 0. The van der Waals surface area contributed by atoms with Crippen molar-refractivity contribution >= 4 is 17.3 Å². The Bertz CT molecular complexity index is 671. The van der Waals surface area contributed by atoms with Crippen molar-refractivity contribution in [2.45, 2.75) is 13.5 Å². The molecule has 0 radical (unpaired) electrons. The number of aromatic nitrogens is 1. The smallest absolute Gasteiger partial charge is 0.340 e. The van der Waals surface area contributed by atoms with E-state index >= 15 is 0 Å². The van der Waals surface area contributed by atoms with Crippen LogP contribution in [0.2, 0.25) is 0 Å². The van der Waals surface area contributed by atoms with Gasteiger partial charge in [-0.15, -0.1) is 0 Å². The van der Waals surface area contributed by atoms with E-state index in [1.165, 1.54) is 12.1 Å². The Kier molecular flexibility index (Phi) is 4.27. The highest BCUT2D eigenvalue weighted by atomic mass is 16.5. The molecule has 0 aliphatic heterocycles. The van der Waals surface area contributed by atoms with Crippen LogP contribution in [-0.2, 0) is 11.3 Å². The maximum absolute atomic E-state index is 12.0. The number of aryl methyl sites for hydroxylation is 1. The van der Waals surface area contributed by atoms with Crippen LogP contribution in [0.4, 0.5) is 11.4 Å². The van der Waals surface area contributed by atoms with Crippen molar-refractivity contribution in [3.63, 3.8) is 0 Å². The van der Waals surface area contributed by atoms with Crippen LogP contribution < -0.4 is 16.2 Å². The van der Waals surface area contributed by atoms with Gasteiger partial charge in [0.1, 0.15) is 12.4 Å². The lowest BCUT2D eigenvalue weighted by Crippen LogP contribution is -2.09. The van der Waals surface area contributed by atoms with Crippen molar-refractivity contribution in [1.29, 1.82) is 0 Å². The lowest BCUT2D eigenvalue weighted by atomic mass is 10.1. The van der Waals surface area contributed by atoms with E-state index in [4.69, 9.17) is 20.9 Å². The summed E-state index contributed by atoms with van der Waals surface area (Å²) in [5, 5.41) is 0. The van der Waals surface area contributed by atoms with Gasteiger partial charge in [0, 0.05) is 29.2 Å². The Hall–Kier alpha value is -2.76. The third-order valence-electron chi connectivity index (χ3n) is 2.86. The summed E-state index contributed by atoms with van der Waals surface area (Å²) in [7, 11) is 1.57. The van der Waals surface area contributed by atoms with Gasteiger partial charge in [-0.2, -0.15) is 0 Å². The Morgan fingerprint density at radius 1 is 1.24 bits per heavy atom. The predicted molar refractivity (Wildman–Crippen MR) is 79.9 cm³/mol. The highest BCUT2D eigenvalue weighted by Gasteiger charge is 2.12. The number of carbonyl (C=O) groups excluding carboxylic acids is 1. The van der Waals surface area contributed by atoms with Gasteiger partial charge in [0.15, 0.2) is 0 Å². The molecule has 0 spiro atoms. The van der Waals surface area contributed by atoms with Crippen LogP contribution in [0.3, 0.4) is 0 Å². The summed E-state index contributed by atoms with van der Waals surface area (Å²) in [6.07, 6.45) is 0. The van der Waals surface area contributed by atoms with E-state index in [-0.39, 0.29) is 17.9 Å². The monoisotopic (exact) mass is 287 g/mol. The topological polar surface area (TPSA) is 100 Å². The molecular formula is C15H17N3O3. The summed E-state index contributed by atoms with van der Waals surface area (Å²) < 4.78 is 10.4. The SMILES string of the molecule is COc1cc(C)nc(COC(=O)c2ccc(N)cc2N)c1. The molecule has 1 aromatic carbocycles. The van der Waals surface area contributed by atoms with Crippen LogP contribution in [0, 0.1) is 6.92 Å². The highest BCUT2D eigenvalue weighted by Crippen LogP contribution is 2.18. The fraction of sp³-hybridized carbons (Fsp3) is 0.200. The van der Waals surface area contributed by atoms with E-state index in [0.29, 0.717) is 17.1 Å². The first-order valence-corrected chi connectivity index (χ1v) is 6.33. The van der Waals surface area contributed by atoms with Crippen LogP contribution in [0.5, 0.6) is 5.75 Å². The number of nitrogens with two attached hydrogens (primary N) is 2. The second-order valence-corrected chi connectivity index (χ2v) is 4.56. The Morgan fingerprint density at radius 2 is 2.00 bits per heavy atom. The minimum absolute atomic E-state index is 0.0424. The number of hydrogen-bond acceptors (Lipinski definition) is 6. The van der Waals surface area contributed by atoms with E-state index in [0.717, 1.165) is 5.69 Å². The normalized spacial score (nSPS) is 10.2. The summed E-state index contributed by atoms with van der Waals surface area (Å²) in [6, 6.07) is 8.17. The van der Waals surface area contributed by atoms with Gasteiger partial charge in [0.25, 0.3) is 0 Å². The summed E-state index contributed by atoms with van der Waals surface area (Å²) in [5.74, 6) is 0.148. The van der Waals surface area contributed by atoms with Gasteiger partial charge in [0.2, 0.25) is 0 Å². The number of esters is 1. The molecule has 110 valence electrons. The lowest BCUT2D eigenvalue weighted by molar-refractivity contribution is 0.0468. The van der Waals surface area contributed by atoms with Crippen molar-refractivity contribution in [1.82, 2.24) is 4.98 Å². The molecule has 6 heteroatoms. The van der Waals surface area contributed by atoms with Crippen molar-refractivity contribution < 1.29 is 14.3 Å². The van der Waals surface area contributed by atoms with Gasteiger partial charge in [-0.05, 0) is 25.1 Å². The highest BCUT2D eigenvalue weighted by molar-refractivity contribution is 5.95. The number of nitrogens with zero attached hydrogens (tertiary/aromatic N) is 1. The second kappa shape index (κ2) is 6.13. The minimum atomic E-state index is -0.519. The quantitative estimate of drug-likeness (QED) is 0.658. The molecule has 0 unspecified atom stereocenters. The van der Waals surface area contributed by atoms with Crippen LogP contribution in [0.25, 0.3) is 0 Å². The van der Waals surface area contributed by atoms with Crippen molar-refractivity contribution in [3.8, 4) is 5.75 Å². The number of benzene rings is 1. The zero-order valence-electron chi connectivity index (χ0n) is 11.9. The standard InChI is InChI=1S/C15H17N3O3/c1-9-5-12(20-2)7-11(18-9)8-21-15(19)13-4-3-10(16)6-14(13)17/h3-7H,8,16-17H2,1-2H3. The molecule has 2 aromatic rings. The third kappa shape index (κ3) is 3.62. The van der Waals surface area contributed by atoms with E-state index in [2.05, 4.69) is 4.98 Å². The largest absolute Gasteiger partial charge is 0.497 e. The molecule has 0 atom stereocenters. The molecule has 1 aromatic heterocycles. The van der Waals surface area contributed by atoms with Gasteiger partial charge < -0.3 is 20.9 Å². The van der Waals surface area contributed by atoms with Crippen molar-refractivity contribution in [2.75, 3.05) is 18.6 Å². The number of carbonyl (C=O) groups is 1. The van der Waals surface area contributed by atoms with Crippen molar-refractivity contribution in [2.24, 2.45) is 0 Å². The number of nitrogen functional groups attached to an aromatic ring is 2. The Labute approximate surface area is 122 Å². The number of ether oxygens (including phenoxy) is 2. The first-order chi connectivity index (χ1) is 9.99. The van der Waals surface area contributed by atoms with Gasteiger partial charge in [-0.25, -0.2) is 4.79 Å². The Morgan fingerprint density at radius 3 is 2.67 bits per heavy atom. The minimum Gasteiger partial charge on any atom is -0.497 e. The summed E-state index contributed by atoms with van der Waals surface area (Å²) in [6.45, 7) is 1.88. The van der Waals surface area contributed by atoms with Gasteiger partial charge in [-0.3, -0.25) is 4.98 Å². The number of pyridine rings is 1. The van der Waals surface area contributed by atoms with Crippen LogP contribution in [0.15, 0.2) is 30.3 Å². The predicted octanol–water partition coefficient (Wildman–Crippen LogP) is 1.92. The summed E-state index contributed by atoms with van der Waals surface area (Å²) in [4.78, 5) is 16.3. The van der Waals surface area contributed by atoms with Crippen LogP contribution in [0.1, 0.15) is 21.7 Å². The number of anilines is 2. The van der Waals surface area contributed by atoms with Gasteiger partial charge in [0.05, 0.1) is 18.4 Å². The summed E-state index contributed by atoms with van der Waals surface area (Å²) in [5.41, 5.74) is 13.8. The molecule has 0 fully saturated rings. The molecule has 1 heterocycles. The van der Waals surface area contributed by atoms with E-state index < -0.39 is 5.97 Å². The lowest BCUT2D eigenvalue weighted by Gasteiger charge is -2.09. The molecule has 0 saturated carbocycles. The maximum Gasteiger partial charge on any atom is 0.340 e. The molecule has 6 nitrogen and oxygen atoms in total. The molecule has 21 heavy (non-hydrogen) atoms. The van der Waals surface area contributed by atoms with E-state index in [1.54, 1.807) is 25.3 Å². The molecule has 0 aliphatic rings. The Balaban J connectivity index is 2.09. The van der Waals surface area contributed by atoms with Crippen molar-refractivity contribution in [3.05, 3.63) is 47.3 Å². The number of rotatable bonds is 4. The first-order valence-electron chi connectivity index (χ1n) is 6.33. The number of hydrogen-bond donors (Lipinski definition) is 2. The second-order valence-electron chi connectivity index (χ2n) is 4.56. The first kappa shape index (κ1) is 14.6. The van der Waals surface area contributed by atoms with Gasteiger partial charge >= 0.3 is 5.97 Å². The fourth-order valence-electron chi connectivity index (χ4n) is 1.88. The fourth-order valence-corrected chi connectivity index (χ4v) is 1.88. The molecule has 4 N–H and O–H groups in total. The maximum atomic E-state index is 12.0. The zero-order valence-corrected chi connectivity index (χ0v) is 11.9. The van der Waals surface area contributed by atoms with Crippen LogP contribution in [-0.4, -0.2) is 18.1 Å². The molecule has 2 rings (SSSR count). The average Bonchev–Trinajstić information content (AvgIpc) is 2.44. The molecule has 0 saturated heterocycles.